The number of terminal acetylenes is 1. The van der Waals surface area contributed by atoms with Gasteiger partial charge in [0.25, 0.3) is 11.1 Å². The van der Waals surface area contributed by atoms with Gasteiger partial charge in [0.2, 0.25) is 0 Å². The first-order valence-electron chi connectivity index (χ1n) is 8.37. The van der Waals surface area contributed by atoms with Crippen LogP contribution in [0.1, 0.15) is 11.1 Å². The molecule has 2 amide bonds. The quantitative estimate of drug-likeness (QED) is 0.362. The average Bonchev–Trinajstić information content (AvgIpc) is 2.95. The maximum atomic E-state index is 12.9. The van der Waals surface area contributed by atoms with Crippen molar-refractivity contribution in [2.24, 2.45) is 0 Å². The molecule has 3 rings (SSSR count). The van der Waals surface area contributed by atoms with Crippen molar-refractivity contribution in [3.8, 4) is 23.8 Å². The largest absolute Gasteiger partial charge is 0.493 e. The van der Waals surface area contributed by atoms with E-state index in [1.54, 1.807) is 18.2 Å². The molecule has 1 aliphatic rings. The van der Waals surface area contributed by atoms with Crippen LogP contribution in [0.4, 0.5) is 4.79 Å². The molecule has 5 nitrogen and oxygen atoms in total. The summed E-state index contributed by atoms with van der Waals surface area (Å²) in [6.07, 6.45) is 6.92. The van der Waals surface area contributed by atoms with Crippen molar-refractivity contribution in [2.45, 2.75) is 6.54 Å². The summed E-state index contributed by atoms with van der Waals surface area (Å²) in [5, 5.41) is -0.329. The summed E-state index contributed by atoms with van der Waals surface area (Å²) in [5.74, 6) is 2.92. The lowest BCUT2D eigenvalue weighted by molar-refractivity contribution is -0.123. The normalized spacial score (nSPS) is 15.0. The molecule has 0 radical (unpaired) electrons. The van der Waals surface area contributed by atoms with E-state index in [4.69, 9.17) is 15.9 Å². The number of carbonyl (C=O) groups is 2. The third-order valence-electron chi connectivity index (χ3n) is 4.01. The summed E-state index contributed by atoms with van der Waals surface area (Å²) < 4.78 is 12.6. The fourth-order valence-corrected chi connectivity index (χ4v) is 4.38. The van der Waals surface area contributed by atoms with Gasteiger partial charge in [-0.05, 0) is 41.6 Å². The smallest absolute Gasteiger partial charge is 0.293 e. The second-order valence-corrected chi connectivity index (χ2v) is 8.64. The Morgan fingerprint density at radius 2 is 2.00 bits per heavy atom. The Hall–Kier alpha value is -2.21. The predicted molar refractivity (Wildman–Crippen MR) is 121 cm³/mol. The number of rotatable bonds is 6. The molecule has 0 unspecified atom stereocenters. The molecule has 1 fully saturated rings. The number of thioether (sulfide) groups is 1. The molecule has 1 aliphatic heterocycles. The van der Waals surface area contributed by atoms with Gasteiger partial charge in [-0.1, -0.05) is 56.0 Å². The van der Waals surface area contributed by atoms with Gasteiger partial charge in [0.1, 0.15) is 6.61 Å². The summed E-state index contributed by atoms with van der Waals surface area (Å²) in [6.45, 7) is 0.230. The Kier molecular flexibility index (Phi) is 7.06. The zero-order chi connectivity index (χ0) is 21.0. The third-order valence-corrected chi connectivity index (χ3v) is 6.15. The molecule has 2 aromatic rings. The highest BCUT2D eigenvalue weighted by atomic mass is 79.9. The molecule has 0 saturated carbocycles. The van der Waals surface area contributed by atoms with Crippen molar-refractivity contribution < 1.29 is 19.1 Å². The fraction of sp³-hybridized carbons (Fsp3) is 0.143. The van der Waals surface area contributed by atoms with Gasteiger partial charge in [-0.15, -0.1) is 6.42 Å². The van der Waals surface area contributed by atoms with Crippen LogP contribution in [0.2, 0.25) is 0 Å². The van der Waals surface area contributed by atoms with Crippen molar-refractivity contribution in [1.82, 2.24) is 4.90 Å². The number of hydrogen-bond acceptors (Lipinski definition) is 5. The van der Waals surface area contributed by atoms with Crippen molar-refractivity contribution in [3.05, 3.63) is 61.4 Å². The van der Waals surface area contributed by atoms with Gasteiger partial charge in [-0.3, -0.25) is 14.5 Å². The van der Waals surface area contributed by atoms with Crippen molar-refractivity contribution in [3.63, 3.8) is 0 Å². The number of carbonyl (C=O) groups excluding carboxylic acids is 2. The van der Waals surface area contributed by atoms with E-state index in [9.17, 15) is 9.59 Å². The minimum atomic E-state index is -0.363. The van der Waals surface area contributed by atoms with E-state index in [0.717, 1.165) is 26.3 Å². The lowest BCUT2D eigenvalue weighted by Crippen LogP contribution is -2.27. The van der Waals surface area contributed by atoms with E-state index < -0.39 is 0 Å². The molecule has 148 valence electrons. The molecule has 29 heavy (non-hydrogen) atoms. The van der Waals surface area contributed by atoms with Crippen LogP contribution in [-0.2, 0) is 11.3 Å². The van der Waals surface area contributed by atoms with Crippen LogP contribution in [0.5, 0.6) is 11.5 Å². The number of hydrogen-bond donors (Lipinski definition) is 0. The van der Waals surface area contributed by atoms with Crippen LogP contribution in [0.25, 0.3) is 6.08 Å². The second-order valence-electron chi connectivity index (χ2n) is 5.88. The molecule has 0 bridgehead atoms. The summed E-state index contributed by atoms with van der Waals surface area (Å²) in [7, 11) is 1.51. The van der Waals surface area contributed by atoms with Gasteiger partial charge in [-0.25, -0.2) is 0 Å². The van der Waals surface area contributed by atoms with Crippen LogP contribution >= 0.6 is 43.6 Å². The van der Waals surface area contributed by atoms with Gasteiger partial charge >= 0.3 is 0 Å². The molecule has 1 heterocycles. The van der Waals surface area contributed by atoms with E-state index in [0.29, 0.717) is 22.0 Å². The second kappa shape index (κ2) is 9.53. The summed E-state index contributed by atoms with van der Waals surface area (Å²) >= 11 is 7.75. The topological polar surface area (TPSA) is 55.8 Å². The molecule has 0 atom stereocenters. The molecule has 8 heteroatoms. The molecule has 1 saturated heterocycles. The number of amides is 2. The first-order chi connectivity index (χ1) is 13.9. The fourth-order valence-electron chi connectivity index (χ4n) is 2.69. The zero-order valence-corrected chi connectivity index (χ0v) is 19.3. The highest BCUT2D eigenvalue weighted by Gasteiger charge is 2.35. The highest BCUT2D eigenvalue weighted by Crippen LogP contribution is 2.40. The Balaban J connectivity index is 1.94. The third kappa shape index (κ3) is 4.86. The number of methoxy groups -OCH3 is 1. The number of nitrogens with zero attached hydrogens (tertiary/aromatic N) is 1. The standard InChI is InChI=1S/C21H15Br2NO4S/c1-3-8-28-19-14(9-15(22)11-17(19)27-2)10-18-20(25)24(21(26)29-18)12-13-6-4-5-7-16(13)23/h1,4-7,9-11H,8,12H2,2H3/b18-10-. The Morgan fingerprint density at radius 3 is 2.69 bits per heavy atom. The van der Waals surface area contributed by atoms with E-state index in [2.05, 4.69) is 37.8 Å². The Bertz CT molecular complexity index is 1050. The van der Waals surface area contributed by atoms with Gasteiger partial charge in [0.05, 0.1) is 18.6 Å². The first kappa shape index (κ1) is 21.5. The lowest BCUT2D eigenvalue weighted by Gasteiger charge is -2.14. The van der Waals surface area contributed by atoms with Crippen molar-refractivity contribution in [1.29, 1.82) is 0 Å². The van der Waals surface area contributed by atoms with Gasteiger partial charge in [-0.2, -0.15) is 0 Å². The summed E-state index contributed by atoms with van der Waals surface area (Å²) in [5.41, 5.74) is 1.43. The van der Waals surface area contributed by atoms with Gasteiger partial charge in [0, 0.05) is 14.5 Å². The maximum Gasteiger partial charge on any atom is 0.293 e. The highest BCUT2D eigenvalue weighted by molar-refractivity contribution is 9.10. The average molecular weight is 537 g/mol. The summed E-state index contributed by atoms with van der Waals surface area (Å²) in [4.78, 5) is 26.9. The summed E-state index contributed by atoms with van der Waals surface area (Å²) in [6, 6.07) is 11.0. The zero-order valence-electron chi connectivity index (χ0n) is 15.3. The first-order valence-corrected chi connectivity index (χ1v) is 10.8. The SMILES string of the molecule is C#CCOc1c(/C=C2\SC(=O)N(Cc3ccccc3Br)C2=O)cc(Br)cc1OC. The van der Waals surface area contributed by atoms with Gasteiger partial charge in [0.15, 0.2) is 11.5 Å². The van der Waals surface area contributed by atoms with E-state index in [1.165, 1.54) is 12.0 Å². The molecule has 0 spiro atoms. The Morgan fingerprint density at radius 1 is 1.24 bits per heavy atom. The van der Waals surface area contributed by atoms with Crippen molar-refractivity contribution in [2.75, 3.05) is 13.7 Å². The predicted octanol–water partition coefficient (Wildman–Crippen LogP) is 5.47. The minimum Gasteiger partial charge on any atom is -0.493 e. The molecular formula is C21H15Br2NO4S. The van der Waals surface area contributed by atoms with Crippen LogP contribution < -0.4 is 9.47 Å². The monoisotopic (exact) mass is 535 g/mol. The van der Waals surface area contributed by atoms with E-state index >= 15 is 0 Å². The van der Waals surface area contributed by atoms with Crippen LogP contribution in [0, 0.1) is 12.3 Å². The number of imide groups is 1. The molecule has 0 aromatic heterocycles. The number of benzene rings is 2. The van der Waals surface area contributed by atoms with E-state index in [-0.39, 0.29) is 24.3 Å². The number of halogens is 2. The van der Waals surface area contributed by atoms with Crippen molar-refractivity contribution >= 4 is 60.8 Å². The molecule has 2 aromatic carbocycles. The Labute approximate surface area is 189 Å². The van der Waals surface area contributed by atoms with Crippen LogP contribution in [-0.4, -0.2) is 29.8 Å². The van der Waals surface area contributed by atoms with Gasteiger partial charge < -0.3 is 9.47 Å². The molecule has 0 aliphatic carbocycles. The van der Waals surface area contributed by atoms with Crippen LogP contribution in [0.15, 0.2) is 50.2 Å². The molecular weight excluding hydrogens is 522 g/mol. The van der Waals surface area contributed by atoms with Crippen LogP contribution in [0.3, 0.4) is 0 Å². The minimum absolute atomic E-state index is 0.0440. The molecule has 0 N–H and O–H groups in total. The van der Waals surface area contributed by atoms with E-state index in [1.807, 2.05) is 24.3 Å². The maximum absolute atomic E-state index is 12.9. The lowest BCUT2D eigenvalue weighted by atomic mass is 10.1. The number of ether oxygens (including phenoxy) is 2.